The quantitative estimate of drug-likeness (QED) is 0.595. The average Bonchev–Trinajstić information content (AvgIpc) is 3.22. The van der Waals surface area contributed by atoms with Crippen LogP contribution in [0.15, 0.2) is 33.0 Å². The Morgan fingerprint density at radius 2 is 2.00 bits per heavy atom. The summed E-state index contributed by atoms with van der Waals surface area (Å²) in [6, 6.07) is 7.29. The number of furan rings is 1. The summed E-state index contributed by atoms with van der Waals surface area (Å²) < 4.78 is 27.3. The van der Waals surface area contributed by atoms with Crippen LogP contribution in [0.3, 0.4) is 0 Å². The molecule has 158 valence electrons. The van der Waals surface area contributed by atoms with Gasteiger partial charge in [0, 0.05) is 34.9 Å². The van der Waals surface area contributed by atoms with Crippen LogP contribution in [0.5, 0.6) is 0 Å². The predicted molar refractivity (Wildman–Crippen MR) is 118 cm³/mol. The van der Waals surface area contributed by atoms with Crippen molar-refractivity contribution in [3.05, 3.63) is 51.7 Å². The van der Waals surface area contributed by atoms with Gasteiger partial charge in [-0.3, -0.25) is 9.59 Å². The lowest BCUT2D eigenvalue weighted by Gasteiger charge is -2.20. The molecule has 1 fully saturated rings. The maximum absolute atomic E-state index is 13.3. The van der Waals surface area contributed by atoms with E-state index in [4.69, 9.17) is 4.42 Å². The number of fused-ring (bicyclic) bond motifs is 1. The van der Waals surface area contributed by atoms with Gasteiger partial charge in [-0.25, -0.2) is 4.21 Å². The molecule has 30 heavy (non-hydrogen) atoms. The fourth-order valence-electron chi connectivity index (χ4n) is 3.70. The monoisotopic (exact) mass is 445 g/mol. The van der Waals surface area contributed by atoms with Gasteiger partial charge in [-0.15, -0.1) is 0 Å². The number of hydrogen-bond acceptors (Lipinski definition) is 6. The van der Waals surface area contributed by atoms with Gasteiger partial charge >= 0.3 is 5.91 Å². The second-order valence-corrected chi connectivity index (χ2v) is 11.0. The van der Waals surface area contributed by atoms with Crippen molar-refractivity contribution in [2.75, 3.05) is 24.6 Å². The molecule has 0 saturated carbocycles. The van der Waals surface area contributed by atoms with Crippen molar-refractivity contribution in [2.45, 2.75) is 27.2 Å². The Bertz CT molecular complexity index is 1250. The van der Waals surface area contributed by atoms with Crippen LogP contribution in [0.2, 0.25) is 0 Å². The zero-order valence-electron chi connectivity index (χ0n) is 17.1. The maximum atomic E-state index is 13.3. The highest BCUT2D eigenvalue weighted by molar-refractivity contribution is 7.93. The Morgan fingerprint density at radius 3 is 2.70 bits per heavy atom. The summed E-state index contributed by atoms with van der Waals surface area (Å²) in [5.41, 5.74) is 2.90. The number of carbonyl (C=O) groups excluding carboxylic acids is 2. The molecule has 1 aliphatic rings. The molecule has 0 spiro atoms. The molecule has 7 nitrogen and oxygen atoms in total. The second kappa shape index (κ2) is 7.96. The second-order valence-electron chi connectivity index (χ2n) is 7.53. The first-order chi connectivity index (χ1) is 14.3. The number of rotatable bonds is 2. The van der Waals surface area contributed by atoms with E-state index < -0.39 is 15.6 Å². The third-order valence-corrected chi connectivity index (χ3v) is 8.40. The van der Waals surface area contributed by atoms with E-state index in [9.17, 15) is 13.8 Å². The van der Waals surface area contributed by atoms with Crippen molar-refractivity contribution < 1.29 is 18.2 Å². The number of aromatic nitrogens is 1. The van der Waals surface area contributed by atoms with E-state index in [0.29, 0.717) is 36.4 Å². The summed E-state index contributed by atoms with van der Waals surface area (Å²) in [6.45, 7) is 6.38. The van der Waals surface area contributed by atoms with Crippen molar-refractivity contribution >= 4 is 44.0 Å². The van der Waals surface area contributed by atoms with Crippen molar-refractivity contribution in [3.8, 4) is 0 Å². The number of para-hydroxylation sites is 1. The van der Waals surface area contributed by atoms with Gasteiger partial charge in [0.2, 0.25) is 0 Å². The van der Waals surface area contributed by atoms with Crippen molar-refractivity contribution in [3.63, 3.8) is 0 Å². The van der Waals surface area contributed by atoms with Gasteiger partial charge in [0.1, 0.15) is 5.58 Å². The van der Waals surface area contributed by atoms with Crippen LogP contribution < -0.4 is 0 Å². The van der Waals surface area contributed by atoms with E-state index in [2.05, 4.69) is 8.74 Å². The van der Waals surface area contributed by atoms with Crippen molar-refractivity contribution in [1.82, 2.24) is 9.27 Å². The molecule has 1 atom stereocenters. The lowest BCUT2D eigenvalue weighted by molar-refractivity contribution is 0.0767. The number of carbonyl (C=O) groups is 2. The van der Waals surface area contributed by atoms with Gasteiger partial charge in [-0.2, -0.15) is 8.74 Å². The summed E-state index contributed by atoms with van der Waals surface area (Å²) in [7, 11) is -2.77. The molecule has 2 amide bonds. The van der Waals surface area contributed by atoms with Crippen LogP contribution in [-0.4, -0.2) is 49.9 Å². The fourth-order valence-corrected chi connectivity index (χ4v) is 6.26. The number of benzene rings is 1. The highest BCUT2D eigenvalue weighted by Gasteiger charge is 2.27. The van der Waals surface area contributed by atoms with E-state index in [1.165, 1.54) is 11.5 Å². The molecule has 1 aliphatic heterocycles. The Labute approximate surface area is 179 Å². The average molecular weight is 446 g/mol. The first-order valence-corrected chi connectivity index (χ1v) is 12.4. The standard InChI is InChI=1S/C21H23N3O4S2/c1-13-6-4-7-16-12-17(28-19(13)16)20(25)23-30(27)10-5-8-24(9-11-30)21(26)18-14(2)22-29-15(18)3/h4,6-7,12H,5,8-11H2,1-3H3. The van der Waals surface area contributed by atoms with Crippen LogP contribution in [0.25, 0.3) is 11.0 Å². The van der Waals surface area contributed by atoms with E-state index in [1.807, 2.05) is 39.0 Å². The van der Waals surface area contributed by atoms with Crippen LogP contribution in [0, 0.1) is 20.8 Å². The van der Waals surface area contributed by atoms with Gasteiger partial charge in [-0.05, 0) is 50.4 Å². The highest BCUT2D eigenvalue weighted by Crippen LogP contribution is 2.24. The molecule has 2 aromatic heterocycles. The van der Waals surface area contributed by atoms with E-state index in [-0.39, 0.29) is 23.2 Å². The molecule has 3 heterocycles. The lowest BCUT2D eigenvalue weighted by atomic mass is 10.2. The van der Waals surface area contributed by atoms with Gasteiger partial charge < -0.3 is 9.32 Å². The van der Waals surface area contributed by atoms with E-state index >= 15 is 0 Å². The molecule has 9 heteroatoms. The topological polar surface area (TPSA) is 92.8 Å². The van der Waals surface area contributed by atoms with Gasteiger partial charge in [0.15, 0.2) is 5.76 Å². The molecular formula is C21H23N3O4S2. The van der Waals surface area contributed by atoms with Gasteiger partial charge in [-0.1, -0.05) is 18.2 Å². The number of nitrogens with zero attached hydrogens (tertiary/aromatic N) is 3. The molecule has 1 saturated heterocycles. The minimum atomic E-state index is -2.77. The van der Waals surface area contributed by atoms with Crippen LogP contribution in [0.4, 0.5) is 0 Å². The van der Waals surface area contributed by atoms with Crippen LogP contribution in [0.1, 0.15) is 43.5 Å². The molecule has 0 N–H and O–H groups in total. The molecule has 1 unspecified atom stereocenters. The Hall–Kier alpha value is -2.52. The third kappa shape index (κ3) is 3.91. The van der Waals surface area contributed by atoms with Gasteiger partial charge in [0.05, 0.1) is 21.0 Å². The van der Waals surface area contributed by atoms with Crippen LogP contribution in [-0.2, 0) is 9.73 Å². The van der Waals surface area contributed by atoms with Gasteiger partial charge in [0.25, 0.3) is 5.91 Å². The lowest BCUT2D eigenvalue weighted by Crippen LogP contribution is -2.34. The molecule has 3 aromatic rings. The predicted octanol–water partition coefficient (Wildman–Crippen LogP) is 3.97. The van der Waals surface area contributed by atoms with E-state index in [1.54, 1.807) is 11.0 Å². The molecule has 0 radical (unpaired) electrons. The zero-order chi connectivity index (χ0) is 21.5. The molecule has 0 aliphatic carbocycles. The third-order valence-electron chi connectivity index (χ3n) is 5.31. The highest BCUT2D eigenvalue weighted by atomic mass is 32.2. The van der Waals surface area contributed by atoms with Crippen molar-refractivity contribution in [1.29, 1.82) is 0 Å². The summed E-state index contributed by atoms with van der Waals surface area (Å²) in [4.78, 5) is 28.2. The Morgan fingerprint density at radius 1 is 1.20 bits per heavy atom. The minimum Gasteiger partial charge on any atom is -0.451 e. The maximum Gasteiger partial charge on any atom is 0.320 e. The molecule has 1 aromatic carbocycles. The number of aryl methyl sites for hydroxylation is 3. The normalized spacial score (nSPS) is 19.6. The zero-order valence-corrected chi connectivity index (χ0v) is 18.8. The first kappa shape index (κ1) is 20.7. The largest absolute Gasteiger partial charge is 0.451 e. The summed E-state index contributed by atoms with van der Waals surface area (Å²) in [5.74, 6) is -0.165. The van der Waals surface area contributed by atoms with E-state index in [0.717, 1.165) is 15.8 Å². The number of hydrogen-bond donors (Lipinski definition) is 0. The molecule has 4 rings (SSSR count). The fraction of sp³-hybridized carbons (Fsp3) is 0.381. The molecular weight excluding hydrogens is 422 g/mol. The summed E-state index contributed by atoms with van der Waals surface area (Å²) in [6.07, 6.45) is 0.524. The van der Waals surface area contributed by atoms with Crippen molar-refractivity contribution in [2.24, 2.45) is 4.36 Å². The minimum absolute atomic E-state index is 0.0924. The Kier molecular flexibility index (Phi) is 5.50. The summed E-state index contributed by atoms with van der Waals surface area (Å²) in [5, 5.41) is 0.816. The Balaban J connectivity index is 1.55. The summed E-state index contributed by atoms with van der Waals surface area (Å²) >= 11 is 1.31. The SMILES string of the molecule is Cc1nsc(C)c1C(=O)N1CCCS(=O)(=NC(=O)c2cc3cccc(C)c3o2)CC1. The smallest absolute Gasteiger partial charge is 0.320 e. The molecule has 0 bridgehead atoms. The number of amides is 2. The first-order valence-electron chi connectivity index (χ1n) is 9.75. The van der Waals surface area contributed by atoms with Crippen LogP contribution >= 0.6 is 11.5 Å².